The molecule has 2 N–H and O–H groups in total. The predicted molar refractivity (Wildman–Crippen MR) is 73.3 cm³/mol. The highest BCUT2D eigenvalue weighted by molar-refractivity contribution is 5.91. The lowest BCUT2D eigenvalue weighted by molar-refractivity contribution is -0.124. The number of benzene rings is 1. The minimum absolute atomic E-state index is 0.0146. The van der Waals surface area contributed by atoms with Crippen LogP contribution in [0.2, 0.25) is 0 Å². The Morgan fingerprint density at radius 2 is 2.06 bits per heavy atom. The summed E-state index contributed by atoms with van der Waals surface area (Å²) in [6, 6.07) is 7.54. The van der Waals surface area contributed by atoms with Crippen LogP contribution in [-0.2, 0) is 4.79 Å². The molecule has 0 fully saturated rings. The van der Waals surface area contributed by atoms with E-state index in [9.17, 15) is 4.79 Å². The SMILES string of the molecule is COc1ccc(/C=C/C(=O)N(C)CCCN)cc1. The molecule has 1 rings (SSSR count). The van der Waals surface area contributed by atoms with Crippen LogP contribution in [0.4, 0.5) is 0 Å². The van der Waals surface area contributed by atoms with Crippen molar-refractivity contribution < 1.29 is 9.53 Å². The van der Waals surface area contributed by atoms with E-state index in [-0.39, 0.29) is 5.91 Å². The van der Waals surface area contributed by atoms with Gasteiger partial charge in [-0.25, -0.2) is 0 Å². The molecule has 0 aliphatic carbocycles. The number of carbonyl (C=O) groups is 1. The third-order valence-corrected chi connectivity index (χ3v) is 2.61. The van der Waals surface area contributed by atoms with E-state index >= 15 is 0 Å². The number of carbonyl (C=O) groups excluding carboxylic acids is 1. The number of nitrogens with two attached hydrogens (primary N) is 1. The Labute approximate surface area is 108 Å². The molecule has 4 nitrogen and oxygen atoms in total. The summed E-state index contributed by atoms with van der Waals surface area (Å²) >= 11 is 0. The molecule has 0 aromatic heterocycles. The average molecular weight is 248 g/mol. The first-order valence-electron chi connectivity index (χ1n) is 5.94. The molecule has 0 unspecified atom stereocenters. The van der Waals surface area contributed by atoms with Crippen LogP contribution in [0.3, 0.4) is 0 Å². The van der Waals surface area contributed by atoms with Crippen molar-refractivity contribution in [1.82, 2.24) is 4.90 Å². The summed E-state index contributed by atoms with van der Waals surface area (Å²) in [6.07, 6.45) is 4.18. The van der Waals surface area contributed by atoms with E-state index in [0.29, 0.717) is 13.1 Å². The summed E-state index contributed by atoms with van der Waals surface area (Å²) in [4.78, 5) is 13.4. The van der Waals surface area contributed by atoms with Crippen LogP contribution in [0.25, 0.3) is 6.08 Å². The maximum absolute atomic E-state index is 11.7. The predicted octanol–water partition coefficient (Wildman–Crippen LogP) is 1.52. The van der Waals surface area contributed by atoms with Gasteiger partial charge in [0.15, 0.2) is 0 Å². The summed E-state index contributed by atoms with van der Waals surface area (Å²) in [7, 11) is 3.40. The lowest BCUT2D eigenvalue weighted by Gasteiger charge is -2.13. The number of nitrogens with zero attached hydrogens (tertiary/aromatic N) is 1. The number of ether oxygens (including phenoxy) is 1. The van der Waals surface area contributed by atoms with Crippen molar-refractivity contribution in [3.05, 3.63) is 35.9 Å². The highest BCUT2D eigenvalue weighted by atomic mass is 16.5. The van der Waals surface area contributed by atoms with Crippen LogP contribution >= 0.6 is 0 Å². The zero-order valence-electron chi connectivity index (χ0n) is 10.9. The fraction of sp³-hybridized carbons (Fsp3) is 0.357. The maximum Gasteiger partial charge on any atom is 0.246 e. The molecule has 0 saturated carbocycles. The van der Waals surface area contributed by atoms with Crippen LogP contribution < -0.4 is 10.5 Å². The summed E-state index contributed by atoms with van der Waals surface area (Å²) in [6.45, 7) is 1.28. The van der Waals surface area contributed by atoms with Crippen molar-refractivity contribution in [2.75, 3.05) is 27.2 Å². The third kappa shape index (κ3) is 4.59. The van der Waals surface area contributed by atoms with Gasteiger partial charge in [0, 0.05) is 19.7 Å². The molecular weight excluding hydrogens is 228 g/mol. The molecule has 0 atom stereocenters. The second kappa shape index (κ2) is 7.50. The summed E-state index contributed by atoms with van der Waals surface area (Å²) in [5.41, 5.74) is 6.37. The van der Waals surface area contributed by atoms with Crippen molar-refractivity contribution in [2.45, 2.75) is 6.42 Å². The summed E-state index contributed by atoms with van der Waals surface area (Å²) in [5, 5.41) is 0. The van der Waals surface area contributed by atoms with Gasteiger partial charge in [0.2, 0.25) is 5.91 Å². The first-order valence-corrected chi connectivity index (χ1v) is 5.94. The normalized spacial score (nSPS) is 10.6. The van der Waals surface area contributed by atoms with E-state index < -0.39 is 0 Å². The fourth-order valence-electron chi connectivity index (χ4n) is 1.45. The molecule has 0 saturated heterocycles. The van der Waals surface area contributed by atoms with Gasteiger partial charge in [0.25, 0.3) is 0 Å². The van der Waals surface area contributed by atoms with E-state index in [1.165, 1.54) is 0 Å². The smallest absolute Gasteiger partial charge is 0.246 e. The van der Waals surface area contributed by atoms with E-state index in [0.717, 1.165) is 17.7 Å². The highest BCUT2D eigenvalue weighted by Gasteiger charge is 2.03. The van der Waals surface area contributed by atoms with Crippen LogP contribution in [0, 0.1) is 0 Å². The van der Waals surface area contributed by atoms with Crippen molar-refractivity contribution >= 4 is 12.0 Å². The average Bonchev–Trinajstić information content (AvgIpc) is 2.42. The van der Waals surface area contributed by atoms with Gasteiger partial charge in [-0.3, -0.25) is 4.79 Å². The molecule has 98 valence electrons. The maximum atomic E-state index is 11.7. The Hall–Kier alpha value is -1.81. The van der Waals surface area contributed by atoms with Crippen molar-refractivity contribution in [3.63, 3.8) is 0 Å². The number of rotatable bonds is 6. The van der Waals surface area contributed by atoms with Gasteiger partial charge in [-0.15, -0.1) is 0 Å². The summed E-state index contributed by atoms with van der Waals surface area (Å²) in [5.74, 6) is 0.790. The molecule has 4 heteroatoms. The Balaban J connectivity index is 2.54. The quantitative estimate of drug-likeness (QED) is 0.776. The number of methoxy groups -OCH3 is 1. The Morgan fingerprint density at radius 3 is 2.61 bits per heavy atom. The second-order valence-electron chi connectivity index (χ2n) is 4.01. The van der Waals surface area contributed by atoms with Gasteiger partial charge in [-0.1, -0.05) is 12.1 Å². The lowest BCUT2D eigenvalue weighted by atomic mass is 10.2. The first kappa shape index (κ1) is 14.3. The summed E-state index contributed by atoms with van der Waals surface area (Å²) < 4.78 is 5.07. The molecule has 0 aliphatic rings. The molecular formula is C14H20N2O2. The lowest BCUT2D eigenvalue weighted by Crippen LogP contribution is -2.27. The molecule has 0 radical (unpaired) electrons. The molecule has 0 heterocycles. The molecule has 0 aliphatic heterocycles. The van der Waals surface area contributed by atoms with Gasteiger partial charge < -0.3 is 15.4 Å². The molecule has 1 aromatic carbocycles. The molecule has 0 spiro atoms. The van der Waals surface area contributed by atoms with Crippen LogP contribution in [0.5, 0.6) is 5.75 Å². The third-order valence-electron chi connectivity index (χ3n) is 2.61. The van der Waals surface area contributed by atoms with Gasteiger partial charge in [-0.2, -0.15) is 0 Å². The van der Waals surface area contributed by atoms with Gasteiger partial charge in [0.05, 0.1) is 7.11 Å². The van der Waals surface area contributed by atoms with Crippen molar-refractivity contribution in [3.8, 4) is 5.75 Å². The number of amides is 1. The molecule has 18 heavy (non-hydrogen) atoms. The van der Waals surface area contributed by atoms with Crippen molar-refractivity contribution in [1.29, 1.82) is 0 Å². The topological polar surface area (TPSA) is 55.6 Å². The van der Waals surface area contributed by atoms with Crippen LogP contribution in [0.15, 0.2) is 30.3 Å². The number of hydrogen-bond donors (Lipinski definition) is 1. The van der Waals surface area contributed by atoms with Gasteiger partial charge in [0.1, 0.15) is 5.75 Å². The zero-order valence-corrected chi connectivity index (χ0v) is 10.9. The first-order chi connectivity index (χ1) is 8.67. The second-order valence-corrected chi connectivity index (χ2v) is 4.01. The highest BCUT2D eigenvalue weighted by Crippen LogP contribution is 2.12. The number of likely N-dealkylation sites (N-methyl/N-ethyl adjacent to an activating group) is 1. The molecule has 0 bridgehead atoms. The number of hydrogen-bond acceptors (Lipinski definition) is 3. The van der Waals surface area contributed by atoms with E-state index in [1.807, 2.05) is 24.3 Å². The molecule has 1 aromatic rings. The van der Waals surface area contributed by atoms with E-state index in [1.54, 1.807) is 31.2 Å². The minimum Gasteiger partial charge on any atom is -0.497 e. The van der Waals surface area contributed by atoms with E-state index in [2.05, 4.69) is 0 Å². The Morgan fingerprint density at radius 1 is 1.39 bits per heavy atom. The van der Waals surface area contributed by atoms with Crippen LogP contribution in [0.1, 0.15) is 12.0 Å². The molecule has 1 amide bonds. The van der Waals surface area contributed by atoms with Gasteiger partial charge >= 0.3 is 0 Å². The minimum atomic E-state index is -0.0146. The fourth-order valence-corrected chi connectivity index (χ4v) is 1.45. The Bertz CT molecular complexity index is 399. The monoisotopic (exact) mass is 248 g/mol. The van der Waals surface area contributed by atoms with E-state index in [4.69, 9.17) is 10.5 Å². The zero-order chi connectivity index (χ0) is 13.4. The van der Waals surface area contributed by atoms with Crippen LogP contribution in [-0.4, -0.2) is 38.1 Å². The van der Waals surface area contributed by atoms with Crippen molar-refractivity contribution in [2.24, 2.45) is 5.73 Å². The Kier molecular flexibility index (Phi) is 5.94. The largest absolute Gasteiger partial charge is 0.497 e. The standard InChI is InChI=1S/C14H20N2O2/c1-16(11-3-10-15)14(17)9-6-12-4-7-13(18-2)8-5-12/h4-9H,3,10-11,15H2,1-2H3/b9-6+. The van der Waals surface area contributed by atoms with Gasteiger partial charge in [-0.05, 0) is 36.7 Å².